The third kappa shape index (κ3) is 9.65. The van der Waals surface area contributed by atoms with Gasteiger partial charge in [0.05, 0.1) is 0 Å². The maximum Gasteiger partial charge on any atom is 0.303 e. The molecule has 0 aromatic heterocycles. The van der Waals surface area contributed by atoms with Gasteiger partial charge in [-0.3, -0.25) is 4.79 Å². The van der Waals surface area contributed by atoms with E-state index in [1.807, 2.05) is 11.1 Å². The predicted molar refractivity (Wildman–Crippen MR) is 198 cm³/mol. The molecule has 0 aromatic carbocycles. The lowest BCUT2D eigenvalue weighted by Crippen LogP contribution is -2.46. The van der Waals surface area contributed by atoms with Gasteiger partial charge >= 0.3 is 5.97 Å². The first kappa shape index (κ1) is 37.5. The Labute approximate surface area is 285 Å². The molecule has 0 radical (unpaired) electrons. The van der Waals surface area contributed by atoms with Gasteiger partial charge in [-0.25, -0.2) is 0 Å². The number of carbonyl (C=O) groups is 1. The van der Waals surface area contributed by atoms with Gasteiger partial charge in [0, 0.05) is 6.42 Å². The summed E-state index contributed by atoms with van der Waals surface area (Å²) in [4.78, 5) is 10.6. The molecule has 0 spiro atoms. The highest BCUT2D eigenvalue weighted by molar-refractivity contribution is 5.66. The molecule has 262 valence electrons. The Morgan fingerprint density at radius 2 is 1.48 bits per heavy atom. The van der Waals surface area contributed by atoms with Crippen molar-refractivity contribution < 1.29 is 9.90 Å². The maximum absolute atomic E-state index is 10.6. The van der Waals surface area contributed by atoms with Crippen molar-refractivity contribution in [3.8, 4) is 0 Å². The molecule has 0 aliphatic heterocycles. The van der Waals surface area contributed by atoms with E-state index in [9.17, 15) is 4.79 Å². The van der Waals surface area contributed by atoms with Gasteiger partial charge in [0.1, 0.15) is 0 Å². The molecule has 3 saturated carbocycles. The lowest BCUT2D eigenvalue weighted by Gasteiger charge is -2.55. The zero-order chi connectivity index (χ0) is 33.2. The topological polar surface area (TPSA) is 37.3 Å². The fourth-order valence-electron chi connectivity index (χ4n) is 10.7. The molecule has 3 unspecified atom stereocenters. The Morgan fingerprint density at radius 3 is 2.17 bits per heavy atom. The Kier molecular flexibility index (Phi) is 14.6. The quantitative estimate of drug-likeness (QED) is 0.107. The second kappa shape index (κ2) is 17.9. The number of fused-ring (bicyclic) bond motifs is 5. The second-order valence-electron chi connectivity index (χ2n) is 17.7. The summed E-state index contributed by atoms with van der Waals surface area (Å²) in [5.74, 6) is 5.37. The number of hydrogen-bond donors (Lipinski definition) is 1. The average Bonchev–Trinajstić information content (AvgIpc) is 3.38. The van der Waals surface area contributed by atoms with Crippen molar-refractivity contribution >= 4 is 5.97 Å². The number of carboxylic acid groups (broad SMARTS) is 1. The van der Waals surface area contributed by atoms with E-state index in [1.165, 1.54) is 122 Å². The molecule has 4 rings (SSSR count). The predicted octanol–water partition coefficient (Wildman–Crippen LogP) is 13.5. The van der Waals surface area contributed by atoms with Crippen LogP contribution in [0.1, 0.15) is 183 Å². The van der Waals surface area contributed by atoms with Gasteiger partial charge in [0.15, 0.2) is 0 Å². The Balaban J connectivity index is 1.15. The molecule has 4 aliphatic carbocycles. The molecule has 0 aromatic rings. The van der Waals surface area contributed by atoms with Crippen LogP contribution in [0.5, 0.6) is 0 Å². The van der Waals surface area contributed by atoms with Crippen LogP contribution in [0.15, 0.2) is 35.5 Å². The van der Waals surface area contributed by atoms with Crippen molar-refractivity contribution in [2.75, 3.05) is 0 Å². The highest BCUT2D eigenvalue weighted by Gasteiger charge is 2.56. The highest BCUT2D eigenvalue weighted by atomic mass is 16.4. The minimum Gasteiger partial charge on any atom is -0.481 e. The number of carboxylic acids is 1. The van der Waals surface area contributed by atoms with E-state index in [4.69, 9.17) is 5.11 Å². The SMILES string of the molecule is CC(C)[C@@H](C)CC[C@@H](C)[C@H]1CCC2C3=CC=C4CC(CCCCCC/C=C\CCCCCCCC(=O)O)CC[C@]4(C)C3CC[C@@]21C. The van der Waals surface area contributed by atoms with Crippen LogP contribution in [-0.2, 0) is 4.79 Å². The Hall–Kier alpha value is -1.31. The average molecular weight is 635 g/mol. The van der Waals surface area contributed by atoms with Crippen molar-refractivity contribution in [3.63, 3.8) is 0 Å². The van der Waals surface area contributed by atoms with E-state index in [1.54, 1.807) is 0 Å². The van der Waals surface area contributed by atoms with Crippen LogP contribution in [-0.4, -0.2) is 11.1 Å². The molecule has 1 N–H and O–H groups in total. The largest absolute Gasteiger partial charge is 0.481 e. The molecule has 0 amide bonds. The number of rotatable bonds is 20. The van der Waals surface area contributed by atoms with Crippen molar-refractivity contribution in [3.05, 3.63) is 35.5 Å². The minimum atomic E-state index is -0.659. The molecular weight excluding hydrogens is 560 g/mol. The summed E-state index contributed by atoms with van der Waals surface area (Å²) in [6.07, 6.45) is 38.3. The minimum absolute atomic E-state index is 0.329. The third-order valence-electron chi connectivity index (χ3n) is 14.3. The lowest BCUT2D eigenvalue weighted by molar-refractivity contribution is -0.137. The van der Waals surface area contributed by atoms with Crippen LogP contribution >= 0.6 is 0 Å². The number of hydrogen-bond acceptors (Lipinski definition) is 1. The number of allylic oxidation sites excluding steroid dienone is 6. The van der Waals surface area contributed by atoms with Gasteiger partial charge < -0.3 is 5.11 Å². The second-order valence-corrected chi connectivity index (χ2v) is 17.7. The first-order valence-electron chi connectivity index (χ1n) is 20.3. The monoisotopic (exact) mass is 635 g/mol. The normalized spacial score (nSPS) is 32.1. The van der Waals surface area contributed by atoms with Crippen LogP contribution in [0.2, 0.25) is 0 Å². The zero-order valence-corrected chi connectivity index (χ0v) is 31.3. The van der Waals surface area contributed by atoms with Crippen molar-refractivity contribution in [2.45, 2.75) is 183 Å². The Morgan fingerprint density at radius 1 is 0.804 bits per heavy atom. The van der Waals surface area contributed by atoms with Crippen molar-refractivity contribution in [2.24, 2.45) is 52.3 Å². The lowest BCUT2D eigenvalue weighted by atomic mass is 9.49. The van der Waals surface area contributed by atoms with E-state index in [-0.39, 0.29) is 0 Å². The first-order valence-corrected chi connectivity index (χ1v) is 20.3. The van der Waals surface area contributed by atoms with Gasteiger partial charge in [0.2, 0.25) is 0 Å². The fraction of sp³-hybridized carbons (Fsp3) is 0.841. The summed E-state index contributed by atoms with van der Waals surface area (Å²) < 4.78 is 0. The first-order chi connectivity index (χ1) is 22.1. The third-order valence-corrected chi connectivity index (χ3v) is 14.3. The summed E-state index contributed by atoms with van der Waals surface area (Å²) in [6.45, 7) is 15.3. The summed E-state index contributed by atoms with van der Waals surface area (Å²) in [7, 11) is 0. The van der Waals surface area contributed by atoms with E-state index < -0.39 is 5.97 Å². The number of unbranched alkanes of at least 4 members (excludes halogenated alkanes) is 9. The van der Waals surface area contributed by atoms with Crippen LogP contribution in [0.4, 0.5) is 0 Å². The molecule has 0 bridgehead atoms. The molecule has 0 heterocycles. The van der Waals surface area contributed by atoms with Gasteiger partial charge in [-0.1, -0.05) is 135 Å². The van der Waals surface area contributed by atoms with Crippen LogP contribution in [0.3, 0.4) is 0 Å². The van der Waals surface area contributed by atoms with Gasteiger partial charge in [0.25, 0.3) is 0 Å². The summed E-state index contributed by atoms with van der Waals surface area (Å²) in [5, 5.41) is 8.70. The molecule has 0 saturated heterocycles. The summed E-state index contributed by atoms with van der Waals surface area (Å²) >= 11 is 0. The smallest absolute Gasteiger partial charge is 0.303 e. The molecule has 4 aliphatic rings. The van der Waals surface area contributed by atoms with E-state index in [0.29, 0.717) is 17.3 Å². The zero-order valence-electron chi connectivity index (χ0n) is 31.3. The van der Waals surface area contributed by atoms with E-state index in [0.717, 1.165) is 54.3 Å². The molecule has 46 heavy (non-hydrogen) atoms. The molecule has 2 nitrogen and oxygen atoms in total. The molecular formula is C44H74O2. The molecule has 2 heteroatoms. The fourth-order valence-corrected chi connectivity index (χ4v) is 10.7. The van der Waals surface area contributed by atoms with Crippen LogP contribution < -0.4 is 0 Å². The van der Waals surface area contributed by atoms with Gasteiger partial charge in [-0.2, -0.15) is 0 Å². The highest BCUT2D eigenvalue weighted by Crippen LogP contribution is 2.66. The van der Waals surface area contributed by atoms with Crippen molar-refractivity contribution in [1.29, 1.82) is 0 Å². The van der Waals surface area contributed by atoms with E-state index >= 15 is 0 Å². The summed E-state index contributed by atoms with van der Waals surface area (Å²) in [5.41, 5.74) is 4.66. The van der Waals surface area contributed by atoms with Crippen molar-refractivity contribution in [1.82, 2.24) is 0 Å². The molecule has 3 fully saturated rings. The standard InChI is InChI=1S/C44H74O2/c1-33(2)34(3)22-23-35(4)39-26-27-40-38-25-24-37-32-36(28-30-43(37,5)41(38)29-31-44(39,40)6)20-18-16-14-12-10-8-7-9-11-13-15-17-19-21-42(45)46/h7-8,24-25,33-36,39-41H,9-23,26-32H2,1-6H3,(H,45,46)/b8-7-/t34-,35+,36?,39+,40?,41?,43-,44+/m0/s1. The van der Waals surface area contributed by atoms with Gasteiger partial charge in [-0.15, -0.1) is 0 Å². The molecule has 8 atom stereocenters. The van der Waals surface area contributed by atoms with Crippen LogP contribution in [0, 0.1) is 52.3 Å². The number of aliphatic carboxylic acids is 1. The maximum atomic E-state index is 10.6. The van der Waals surface area contributed by atoms with E-state index in [2.05, 4.69) is 65.8 Å². The van der Waals surface area contributed by atoms with Crippen LogP contribution in [0.25, 0.3) is 0 Å². The van der Waals surface area contributed by atoms with Gasteiger partial charge in [-0.05, 0) is 129 Å². The summed E-state index contributed by atoms with van der Waals surface area (Å²) in [6, 6.07) is 0. The Bertz CT molecular complexity index is 1030.